The number of hydrogen-bond donors (Lipinski definition) is 0. The fourth-order valence-electron chi connectivity index (χ4n) is 1.80. The van der Waals surface area contributed by atoms with Crippen LogP contribution < -0.4 is 0 Å². The quantitative estimate of drug-likeness (QED) is 0.479. The molecule has 0 radical (unpaired) electrons. The summed E-state index contributed by atoms with van der Waals surface area (Å²) in [5, 5.41) is 0. The van der Waals surface area contributed by atoms with Crippen molar-refractivity contribution in [3.8, 4) is 0 Å². The molecule has 102 valence electrons. The number of rotatable bonds is 5. The Bertz CT molecular complexity index is 736. The van der Waals surface area contributed by atoms with Crippen LogP contribution in [0.4, 0.5) is 11.4 Å². The average Bonchev–Trinajstić information content (AvgIpc) is 2.50. The molecule has 2 rings (SSSR count). The molecule has 0 heterocycles. The van der Waals surface area contributed by atoms with Gasteiger partial charge in [0.1, 0.15) is 0 Å². The van der Waals surface area contributed by atoms with E-state index in [0.717, 1.165) is 5.56 Å². The standard InChI is InChI=1S/C16H10N2O3/c19-10-17-14-5-1-12(2-6-14)9-16(21)13-3-7-15(8-4-13)18-11-20/h1-8H,9H2. The van der Waals surface area contributed by atoms with Gasteiger partial charge in [0.15, 0.2) is 5.78 Å². The van der Waals surface area contributed by atoms with Gasteiger partial charge in [0.05, 0.1) is 11.4 Å². The maximum atomic E-state index is 12.1. The van der Waals surface area contributed by atoms with Gasteiger partial charge in [-0.1, -0.05) is 12.1 Å². The molecule has 0 fully saturated rings. The van der Waals surface area contributed by atoms with Crippen molar-refractivity contribution in [2.45, 2.75) is 6.42 Å². The minimum Gasteiger partial charge on any atom is -0.294 e. The fraction of sp³-hybridized carbons (Fsp3) is 0.0625. The summed E-state index contributed by atoms with van der Waals surface area (Å²) in [5.41, 5.74) is 2.31. The number of ketones is 1. The summed E-state index contributed by atoms with van der Waals surface area (Å²) in [4.78, 5) is 39.3. The number of hydrogen-bond acceptors (Lipinski definition) is 5. The Kier molecular flexibility index (Phi) is 4.67. The lowest BCUT2D eigenvalue weighted by Crippen LogP contribution is -2.02. The highest BCUT2D eigenvalue weighted by Gasteiger charge is 2.07. The van der Waals surface area contributed by atoms with Crippen LogP contribution in [0.25, 0.3) is 0 Å². The number of aliphatic imine (C=N–C) groups is 2. The zero-order chi connectivity index (χ0) is 15.1. The number of benzene rings is 2. The van der Waals surface area contributed by atoms with Crippen LogP contribution >= 0.6 is 0 Å². The molecule has 0 bridgehead atoms. The Labute approximate surface area is 120 Å². The van der Waals surface area contributed by atoms with Crippen molar-refractivity contribution >= 4 is 29.3 Å². The molecule has 0 N–H and O–H groups in total. The zero-order valence-corrected chi connectivity index (χ0v) is 10.9. The molecule has 0 aliphatic carbocycles. The van der Waals surface area contributed by atoms with Crippen LogP contribution in [-0.2, 0) is 16.0 Å². The number of carbonyl (C=O) groups is 1. The fourth-order valence-corrected chi connectivity index (χ4v) is 1.80. The first-order chi connectivity index (χ1) is 10.2. The van der Waals surface area contributed by atoms with Gasteiger partial charge in [0.25, 0.3) is 0 Å². The molecule has 5 nitrogen and oxygen atoms in total. The Hall–Kier alpha value is -3.13. The Morgan fingerprint density at radius 1 is 0.810 bits per heavy atom. The van der Waals surface area contributed by atoms with Crippen molar-refractivity contribution < 1.29 is 14.4 Å². The van der Waals surface area contributed by atoms with Crippen LogP contribution in [0, 0.1) is 0 Å². The van der Waals surface area contributed by atoms with E-state index in [1.165, 1.54) is 12.2 Å². The lowest BCUT2D eigenvalue weighted by atomic mass is 10.0. The maximum absolute atomic E-state index is 12.1. The number of Topliss-reactive ketones (excluding diaryl/α,β-unsaturated/α-hetero) is 1. The van der Waals surface area contributed by atoms with Gasteiger partial charge in [-0.25, -0.2) is 9.59 Å². The van der Waals surface area contributed by atoms with Crippen molar-refractivity contribution in [2.24, 2.45) is 9.98 Å². The highest BCUT2D eigenvalue weighted by Crippen LogP contribution is 2.16. The second-order valence-corrected chi connectivity index (χ2v) is 4.22. The molecule has 5 heteroatoms. The van der Waals surface area contributed by atoms with Crippen molar-refractivity contribution in [2.75, 3.05) is 0 Å². The summed E-state index contributed by atoms with van der Waals surface area (Å²) >= 11 is 0. The third kappa shape index (κ3) is 3.91. The van der Waals surface area contributed by atoms with Crippen molar-refractivity contribution in [1.82, 2.24) is 0 Å². The van der Waals surface area contributed by atoms with Gasteiger partial charge < -0.3 is 0 Å². The first-order valence-corrected chi connectivity index (χ1v) is 6.11. The molecule has 2 aromatic rings. The lowest BCUT2D eigenvalue weighted by Gasteiger charge is -2.02. The highest BCUT2D eigenvalue weighted by molar-refractivity contribution is 5.97. The van der Waals surface area contributed by atoms with Gasteiger partial charge in [0.2, 0.25) is 12.2 Å². The third-order valence-corrected chi connectivity index (χ3v) is 2.84. The minimum absolute atomic E-state index is 0.0525. The number of carbonyl (C=O) groups excluding carboxylic acids is 3. The van der Waals surface area contributed by atoms with Crippen molar-refractivity contribution in [3.05, 3.63) is 59.7 Å². The molecule has 0 amide bonds. The molecule has 0 saturated heterocycles. The molecule has 0 spiro atoms. The second-order valence-electron chi connectivity index (χ2n) is 4.22. The molecule has 0 aliphatic rings. The summed E-state index contributed by atoms with van der Waals surface area (Å²) in [6.45, 7) is 0. The molecule has 0 unspecified atom stereocenters. The minimum atomic E-state index is -0.0525. The summed E-state index contributed by atoms with van der Waals surface area (Å²) < 4.78 is 0. The summed E-state index contributed by atoms with van der Waals surface area (Å²) in [7, 11) is 0. The lowest BCUT2D eigenvalue weighted by molar-refractivity contribution is 0.0993. The highest BCUT2D eigenvalue weighted by atomic mass is 16.1. The van der Waals surface area contributed by atoms with Crippen molar-refractivity contribution in [1.29, 1.82) is 0 Å². The zero-order valence-electron chi connectivity index (χ0n) is 10.9. The van der Waals surface area contributed by atoms with Crippen LogP contribution in [0.3, 0.4) is 0 Å². The van der Waals surface area contributed by atoms with Gasteiger partial charge in [-0.3, -0.25) is 4.79 Å². The predicted molar refractivity (Wildman–Crippen MR) is 76.5 cm³/mol. The molecule has 0 saturated carbocycles. The first-order valence-electron chi connectivity index (χ1n) is 6.11. The van der Waals surface area contributed by atoms with E-state index in [1.54, 1.807) is 48.5 Å². The predicted octanol–water partition coefficient (Wildman–Crippen LogP) is 3.05. The van der Waals surface area contributed by atoms with Crippen LogP contribution in [0.2, 0.25) is 0 Å². The van der Waals surface area contributed by atoms with Crippen LogP contribution in [-0.4, -0.2) is 17.9 Å². The Balaban J connectivity index is 2.09. The maximum Gasteiger partial charge on any atom is 0.240 e. The SMILES string of the molecule is O=C=Nc1ccc(CC(=O)c2ccc(N=C=O)cc2)cc1. The Morgan fingerprint density at radius 2 is 1.29 bits per heavy atom. The van der Waals surface area contributed by atoms with Crippen LogP contribution in [0.1, 0.15) is 15.9 Å². The van der Waals surface area contributed by atoms with Crippen LogP contribution in [0.5, 0.6) is 0 Å². The molecular formula is C16H10N2O3. The summed E-state index contributed by atoms with van der Waals surface area (Å²) in [6.07, 6.45) is 3.14. The third-order valence-electron chi connectivity index (χ3n) is 2.84. The number of nitrogens with zero attached hydrogens (tertiary/aromatic N) is 2. The van der Waals surface area contributed by atoms with E-state index in [4.69, 9.17) is 0 Å². The van der Waals surface area contributed by atoms with Crippen molar-refractivity contribution in [3.63, 3.8) is 0 Å². The first kappa shape index (κ1) is 14.3. The number of isocyanates is 2. The van der Waals surface area contributed by atoms with E-state index in [9.17, 15) is 14.4 Å². The van der Waals surface area contributed by atoms with Gasteiger partial charge in [-0.05, 0) is 42.0 Å². The smallest absolute Gasteiger partial charge is 0.240 e. The second kappa shape index (κ2) is 6.87. The molecule has 0 aliphatic heterocycles. The average molecular weight is 278 g/mol. The van der Waals surface area contributed by atoms with E-state index in [-0.39, 0.29) is 12.2 Å². The Morgan fingerprint density at radius 3 is 1.76 bits per heavy atom. The molecular weight excluding hydrogens is 268 g/mol. The van der Waals surface area contributed by atoms with Gasteiger partial charge >= 0.3 is 0 Å². The van der Waals surface area contributed by atoms with E-state index >= 15 is 0 Å². The van der Waals surface area contributed by atoms with E-state index < -0.39 is 0 Å². The monoisotopic (exact) mass is 278 g/mol. The van der Waals surface area contributed by atoms with E-state index in [2.05, 4.69) is 9.98 Å². The van der Waals surface area contributed by atoms with E-state index in [1.807, 2.05) is 0 Å². The van der Waals surface area contributed by atoms with Gasteiger partial charge in [-0.2, -0.15) is 9.98 Å². The molecule has 2 aromatic carbocycles. The molecule has 0 atom stereocenters. The normalized spacial score (nSPS) is 9.33. The topological polar surface area (TPSA) is 75.9 Å². The van der Waals surface area contributed by atoms with Crippen LogP contribution in [0.15, 0.2) is 58.5 Å². The molecule has 0 aromatic heterocycles. The van der Waals surface area contributed by atoms with Gasteiger partial charge in [-0.15, -0.1) is 0 Å². The van der Waals surface area contributed by atoms with E-state index in [0.29, 0.717) is 16.9 Å². The largest absolute Gasteiger partial charge is 0.294 e. The summed E-state index contributed by atoms with van der Waals surface area (Å²) in [5.74, 6) is -0.0525. The molecule has 21 heavy (non-hydrogen) atoms. The summed E-state index contributed by atoms with van der Waals surface area (Å²) in [6, 6.07) is 13.2. The van der Waals surface area contributed by atoms with Gasteiger partial charge in [0, 0.05) is 12.0 Å².